The van der Waals surface area contributed by atoms with E-state index in [1.807, 2.05) is 41.5 Å². The van der Waals surface area contributed by atoms with Crippen molar-refractivity contribution in [1.29, 1.82) is 0 Å². The second-order valence-electron chi connectivity index (χ2n) is 8.76. The van der Waals surface area contributed by atoms with Gasteiger partial charge in [-0.25, -0.2) is 19.9 Å². The summed E-state index contributed by atoms with van der Waals surface area (Å²) in [6, 6.07) is 3.40. The molecule has 0 radical (unpaired) electrons. The summed E-state index contributed by atoms with van der Waals surface area (Å²) in [5.41, 5.74) is 11.2. The van der Waals surface area contributed by atoms with Gasteiger partial charge in [-0.1, -0.05) is 0 Å². The number of nitrogen functional groups attached to an aromatic ring is 1. The summed E-state index contributed by atoms with van der Waals surface area (Å²) in [6.45, 7) is 0. The van der Waals surface area contributed by atoms with Gasteiger partial charge in [0, 0.05) is 74.8 Å². The van der Waals surface area contributed by atoms with Crippen molar-refractivity contribution in [3.8, 4) is 22.5 Å². The van der Waals surface area contributed by atoms with Gasteiger partial charge in [-0.05, 0) is 12.1 Å². The SMILES string of the molecule is Cn1cc(-c2cnc3c(N)nccn23)cn1.Cn1cc(-c2cnc3c(NC(=O)c4cccnc4)nccn23)cn1. The maximum absolute atomic E-state index is 12.3. The van der Waals surface area contributed by atoms with Crippen LogP contribution >= 0.6 is 0 Å². The zero-order valence-electron chi connectivity index (χ0n) is 21.5. The van der Waals surface area contributed by atoms with Gasteiger partial charge >= 0.3 is 0 Å². The smallest absolute Gasteiger partial charge is 0.258 e. The number of carbonyl (C=O) groups is 1. The molecule has 7 rings (SSSR count). The first-order valence-electron chi connectivity index (χ1n) is 12.1. The van der Waals surface area contributed by atoms with E-state index in [2.05, 4.69) is 40.4 Å². The average Bonchev–Trinajstić information content (AvgIpc) is 3.76. The van der Waals surface area contributed by atoms with E-state index in [-0.39, 0.29) is 5.91 Å². The van der Waals surface area contributed by atoms with Crippen LogP contribution in [0.4, 0.5) is 11.6 Å². The zero-order valence-corrected chi connectivity index (χ0v) is 21.5. The van der Waals surface area contributed by atoms with E-state index in [0.29, 0.717) is 28.5 Å². The average molecular weight is 534 g/mol. The lowest BCUT2D eigenvalue weighted by Crippen LogP contribution is -2.14. The molecule has 14 heteroatoms. The number of amides is 1. The van der Waals surface area contributed by atoms with E-state index in [1.54, 1.807) is 71.1 Å². The Labute approximate surface area is 226 Å². The second kappa shape index (κ2) is 10.1. The first kappa shape index (κ1) is 24.4. The first-order chi connectivity index (χ1) is 19.5. The lowest BCUT2D eigenvalue weighted by Gasteiger charge is -2.06. The fraction of sp³-hybridized carbons (Fsp3) is 0.0769. The molecule has 40 heavy (non-hydrogen) atoms. The molecule has 0 fully saturated rings. The topological polar surface area (TPSA) is 164 Å². The van der Waals surface area contributed by atoms with Gasteiger partial charge in [0.1, 0.15) is 0 Å². The summed E-state index contributed by atoms with van der Waals surface area (Å²) < 4.78 is 7.24. The number of hydrogen-bond acceptors (Lipinski definition) is 9. The third kappa shape index (κ3) is 4.60. The number of pyridine rings is 1. The Morgan fingerprint density at radius 2 is 1.40 bits per heavy atom. The quantitative estimate of drug-likeness (QED) is 0.346. The van der Waals surface area contributed by atoms with Gasteiger partial charge in [0.2, 0.25) is 0 Å². The molecule has 0 unspecified atom stereocenters. The highest BCUT2D eigenvalue weighted by Crippen LogP contribution is 2.23. The highest BCUT2D eigenvalue weighted by atomic mass is 16.1. The molecule has 14 nitrogen and oxygen atoms in total. The minimum Gasteiger partial charge on any atom is -0.381 e. The highest BCUT2D eigenvalue weighted by molar-refractivity contribution is 6.05. The molecule has 0 aliphatic rings. The van der Waals surface area contributed by atoms with Crippen LogP contribution in [0.1, 0.15) is 10.4 Å². The Morgan fingerprint density at radius 3 is 2.00 bits per heavy atom. The summed E-state index contributed by atoms with van der Waals surface area (Å²) in [4.78, 5) is 33.1. The lowest BCUT2D eigenvalue weighted by atomic mass is 10.2. The molecule has 0 spiro atoms. The number of aryl methyl sites for hydroxylation is 2. The number of fused-ring (bicyclic) bond motifs is 2. The third-order valence-corrected chi connectivity index (χ3v) is 6.04. The van der Waals surface area contributed by atoms with Crippen molar-refractivity contribution in [2.45, 2.75) is 0 Å². The molecule has 7 aromatic heterocycles. The van der Waals surface area contributed by atoms with E-state index in [0.717, 1.165) is 22.5 Å². The van der Waals surface area contributed by atoms with Gasteiger partial charge in [-0.2, -0.15) is 10.2 Å². The fourth-order valence-corrected chi connectivity index (χ4v) is 4.16. The monoisotopic (exact) mass is 533 g/mol. The number of nitrogens with zero attached hydrogens (tertiary/aromatic N) is 11. The van der Waals surface area contributed by atoms with Gasteiger partial charge in [-0.15, -0.1) is 0 Å². The maximum Gasteiger partial charge on any atom is 0.258 e. The number of nitrogens with two attached hydrogens (primary N) is 1. The normalized spacial score (nSPS) is 10.9. The molecule has 7 aromatic rings. The second-order valence-corrected chi connectivity index (χ2v) is 8.76. The molecule has 7 heterocycles. The standard InChI is InChI=1S/C16H13N7O.C10H10N6/c1-22-10-12(8-20-22)13-9-19-15-14(18-5-6-23(13)15)21-16(24)11-3-2-4-17-7-11;1-15-6-7(4-14-15)8-5-13-10-9(11)12-2-3-16(8)10/h2-10H,1H3,(H,18,21,24);2-6H,1H3,(H2,11,12). The Morgan fingerprint density at radius 1 is 0.775 bits per heavy atom. The van der Waals surface area contributed by atoms with Crippen LogP contribution in [0, 0.1) is 0 Å². The molecule has 0 saturated carbocycles. The van der Waals surface area contributed by atoms with Crippen LogP contribution in [-0.4, -0.2) is 59.2 Å². The van der Waals surface area contributed by atoms with E-state index in [9.17, 15) is 4.79 Å². The molecule has 3 N–H and O–H groups in total. The van der Waals surface area contributed by atoms with Gasteiger partial charge < -0.3 is 11.1 Å². The minimum atomic E-state index is -0.283. The molecule has 0 aromatic carbocycles. The summed E-state index contributed by atoms with van der Waals surface area (Å²) in [5, 5.41) is 11.1. The highest BCUT2D eigenvalue weighted by Gasteiger charge is 2.14. The lowest BCUT2D eigenvalue weighted by molar-refractivity contribution is 0.102. The summed E-state index contributed by atoms with van der Waals surface area (Å²) in [5.74, 6) is 0.536. The van der Waals surface area contributed by atoms with E-state index in [1.165, 1.54) is 6.20 Å². The van der Waals surface area contributed by atoms with Crippen molar-refractivity contribution < 1.29 is 4.79 Å². The number of nitrogens with one attached hydrogen (secondary N) is 1. The Hall–Kier alpha value is -5.92. The molecule has 0 bridgehead atoms. The van der Waals surface area contributed by atoms with E-state index >= 15 is 0 Å². The molecule has 0 aliphatic heterocycles. The summed E-state index contributed by atoms with van der Waals surface area (Å²) in [7, 11) is 3.73. The van der Waals surface area contributed by atoms with Crippen LogP contribution in [0.15, 0.2) is 86.5 Å². The number of aromatic nitrogens is 11. The maximum atomic E-state index is 12.3. The third-order valence-electron chi connectivity index (χ3n) is 6.04. The van der Waals surface area contributed by atoms with Crippen LogP contribution in [0.5, 0.6) is 0 Å². The van der Waals surface area contributed by atoms with E-state index in [4.69, 9.17) is 5.73 Å². The van der Waals surface area contributed by atoms with Crippen molar-refractivity contribution in [1.82, 2.24) is 53.3 Å². The van der Waals surface area contributed by atoms with E-state index < -0.39 is 0 Å². The number of hydrogen-bond donors (Lipinski definition) is 2. The molecule has 0 aliphatic carbocycles. The van der Waals surface area contributed by atoms with Gasteiger partial charge in [-0.3, -0.25) is 27.9 Å². The minimum absolute atomic E-state index is 0.283. The first-order valence-corrected chi connectivity index (χ1v) is 12.1. The van der Waals surface area contributed by atoms with Gasteiger partial charge in [0.15, 0.2) is 22.9 Å². The molecular weight excluding hydrogens is 510 g/mol. The van der Waals surface area contributed by atoms with Crippen molar-refractivity contribution in [3.05, 3.63) is 92.1 Å². The Kier molecular flexibility index (Phi) is 6.16. The molecule has 0 saturated heterocycles. The predicted molar refractivity (Wildman–Crippen MR) is 147 cm³/mol. The number of rotatable bonds is 4. The summed E-state index contributed by atoms with van der Waals surface area (Å²) >= 11 is 0. The van der Waals surface area contributed by atoms with Crippen LogP contribution in [0.25, 0.3) is 33.8 Å². The zero-order chi connectivity index (χ0) is 27.6. The molecule has 0 atom stereocenters. The van der Waals surface area contributed by atoms with Crippen LogP contribution in [-0.2, 0) is 14.1 Å². The number of carbonyl (C=O) groups excluding carboxylic acids is 1. The Balaban J connectivity index is 0.000000157. The largest absolute Gasteiger partial charge is 0.381 e. The van der Waals surface area contributed by atoms with Crippen LogP contribution in [0.2, 0.25) is 0 Å². The molecule has 1 amide bonds. The van der Waals surface area contributed by atoms with Gasteiger partial charge in [0.25, 0.3) is 5.91 Å². The fourth-order valence-electron chi connectivity index (χ4n) is 4.16. The molecular formula is C26H23N13O. The Bertz CT molecular complexity index is 1950. The van der Waals surface area contributed by atoms with Crippen LogP contribution in [0.3, 0.4) is 0 Å². The van der Waals surface area contributed by atoms with Crippen LogP contribution < -0.4 is 11.1 Å². The summed E-state index contributed by atoms with van der Waals surface area (Å²) in [6.07, 6.45) is 20.9. The van der Waals surface area contributed by atoms with Crippen molar-refractivity contribution in [2.24, 2.45) is 14.1 Å². The van der Waals surface area contributed by atoms with Crippen molar-refractivity contribution in [2.75, 3.05) is 11.1 Å². The van der Waals surface area contributed by atoms with Gasteiger partial charge in [0.05, 0.1) is 41.7 Å². The van der Waals surface area contributed by atoms with Crippen molar-refractivity contribution in [3.63, 3.8) is 0 Å². The molecule has 198 valence electrons. The van der Waals surface area contributed by atoms with Crippen molar-refractivity contribution >= 4 is 28.8 Å². The number of imidazole rings is 2. The predicted octanol–water partition coefficient (Wildman–Crippen LogP) is 2.49. The number of anilines is 2.